The van der Waals surface area contributed by atoms with Crippen molar-refractivity contribution in [2.75, 3.05) is 0 Å². The van der Waals surface area contributed by atoms with Gasteiger partial charge in [0.1, 0.15) is 5.82 Å². The van der Waals surface area contributed by atoms with Gasteiger partial charge in [0, 0.05) is 18.0 Å². The Morgan fingerprint density at radius 3 is 2.25 bits per heavy atom. The zero-order valence-electron chi connectivity index (χ0n) is 10.7. The fraction of sp³-hybridized carbons (Fsp3) is 0. The second-order valence-electron chi connectivity index (χ2n) is 4.09. The van der Waals surface area contributed by atoms with E-state index < -0.39 is 0 Å². The van der Waals surface area contributed by atoms with Crippen LogP contribution in [0.15, 0.2) is 60.4 Å². The summed E-state index contributed by atoms with van der Waals surface area (Å²) in [7, 11) is 0. The average molecular weight is 287 g/mol. The molecule has 0 saturated heterocycles. The molecule has 3 nitrogen and oxygen atoms in total. The third kappa shape index (κ3) is 3.07. The lowest BCUT2D eigenvalue weighted by atomic mass is 9.95. The highest BCUT2D eigenvalue weighted by molar-refractivity contribution is 7.84. The third-order valence-electron chi connectivity index (χ3n) is 2.84. The predicted molar refractivity (Wildman–Crippen MR) is 82.9 cm³/mol. The molecule has 0 fully saturated rings. The van der Waals surface area contributed by atoms with Gasteiger partial charge in [-0.2, -0.15) is 0 Å². The van der Waals surface area contributed by atoms with Crippen molar-refractivity contribution >= 4 is 23.8 Å². The summed E-state index contributed by atoms with van der Waals surface area (Å²) in [6.45, 7) is 4.06. The number of aromatic nitrogens is 1. The van der Waals surface area contributed by atoms with Crippen molar-refractivity contribution in [3.05, 3.63) is 77.3 Å². The first-order valence-corrected chi connectivity index (χ1v) is 6.33. The second-order valence-corrected chi connectivity index (χ2v) is 4.54. The molecule has 5 heteroatoms. The highest BCUT2D eigenvalue weighted by atomic mass is 32.1. The van der Waals surface area contributed by atoms with Gasteiger partial charge < -0.3 is 5.43 Å². The van der Waals surface area contributed by atoms with E-state index in [4.69, 9.17) is 5.84 Å². The maximum absolute atomic E-state index is 13.0. The highest BCUT2D eigenvalue weighted by Crippen LogP contribution is 2.32. The minimum absolute atomic E-state index is 0.293. The highest BCUT2D eigenvalue weighted by Gasteiger charge is 2.12. The summed E-state index contributed by atoms with van der Waals surface area (Å²) in [6.07, 6.45) is 3.34. The molecule has 1 heterocycles. The van der Waals surface area contributed by atoms with Crippen LogP contribution in [0.5, 0.6) is 0 Å². The van der Waals surface area contributed by atoms with Gasteiger partial charge >= 0.3 is 0 Å². The number of benzene rings is 1. The molecule has 0 bridgehead atoms. The molecular weight excluding hydrogens is 273 g/mol. The van der Waals surface area contributed by atoms with E-state index in [-0.39, 0.29) is 5.82 Å². The van der Waals surface area contributed by atoms with E-state index in [0.717, 1.165) is 16.7 Å². The smallest absolute Gasteiger partial charge is 0.123 e. The molecule has 0 unspecified atom stereocenters. The standard InChI is InChI=1S/C15H14FN3S/c1-10(11-2-4-13(16)5-3-11)14(15(20)19-17)12-6-8-18-9-7-12/h2-9,19-20H,1,17H2/b15-14-. The van der Waals surface area contributed by atoms with Crippen LogP contribution < -0.4 is 11.3 Å². The van der Waals surface area contributed by atoms with Gasteiger partial charge in [0.2, 0.25) is 0 Å². The molecule has 0 aliphatic rings. The van der Waals surface area contributed by atoms with Crippen LogP contribution in [-0.4, -0.2) is 4.98 Å². The summed E-state index contributed by atoms with van der Waals surface area (Å²) in [5.41, 5.74) is 5.61. The lowest BCUT2D eigenvalue weighted by Crippen LogP contribution is -2.19. The fourth-order valence-electron chi connectivity index (χ4n) is 1.84. The first kappa shape index (κ1) is 14.3. The van der Waals surface area contributed by atoms with Gasteiger partial charge in [0.25, 0.3) is 0 Å². The zero-order valence-corrected chi connectivity index (χ0v) is 11.6. The molecule has 2 aromatic rings. The van der Waals surface area contributed by atoms with Crippen molar-refractivity contribution in [1.29, 1.82) is 0 Å². The lowest BCUT2D eigenvalue weighted by molar-refractivity contribution is 0.627. The molecule has 3 N–H and O–H groups in total. The Kier molecular flexibility index (Phi) is 4.55. The zero-order chi connectivity index (χ0) is 14.5. The second kappa shape index (κ2) is 6.36. The number of nitrogens with one attached hydrogen (secondary N) is 1. The summed E-state index contributed by atoms with van der Waals surface area (Å²) in [5, 5.41) is 0.477. The molecule has 0 amide bonds. The number of thiol groups is 1. The van der Waals surface area contributed by atoms with Crippen LogP contribution in [0.1, 0.15) is 11.1 Å². The van der Waals surface area contributed by atoms with Crippen molar-refractivity contribution in [3.63, 3.8) is 0 Å². The Morgan fingerprint density at radius 2 is 1.70 bits per heavy atom. The maximum Gasteiger partial charge on any atom is 0.123 e. The Labute approximate surface area is 122 Å². The molecule has 0 saturated carbocycles. The molecular formula is C15H14FN3S. The maximum atomic E-state index is 13.0. The van der Waals surface area contributed by atoms with Crippen LogP contribution in [0.25, 0.3) is 11.1 Å². The number of hydrazine groups is 1. The van der Waals surface area contributed by atoms with E-state index in [1.165, 1.54) is 12.1 Å². The minimum Gasteiger partial charge on any atom is -0.318 e. The van der Waals surface area contributed by atoms with Gasteiger partial charge in [-0.25, -0.2) is 4.39 Å². The van der Waals surface area contributed by atoms with Crippen LogP contribution in [0, 0.1) is 5.82 Å². The molecule has 102 valence electrons. The van der Waals surface area contributed by atoms with Crippen LogP contribution in [0.3, 0.4) is 0 Å². The van der Waals surface area contributed by atoms with Crippen LogP contribution >= 0.6 is 12.6 Å². The largest absolute Gasteiger partial charge is 0.318 e. The molecule has 0 radical (unpaired) electrons. The number of pyridine rings is 1. The fourth-order valence-corrected chi connectivity index (χ4v) is 2.10. The van der Waals surface area contributed by atoms with Crippen molar-refractivity contribution in [2.45, 2.75) is 0 Å². The van der Waals surface area contributed by atoms with Crippen molar-refractivity contribution < 1.29 is 4.39 Å². The summed E-state index contributed by atoms with van der Waals surface area (Å²) in [5.74, 6) is 5.16. The van der Waals surface area contributed by atoms with Crippen molar-refractivity contribution in [3.8, 4) is 0 Å². The van der Waals surface area contributed by atoms with Gasteiger partial charge in [0.15, 0.2) is 0 Å². The SMILES string of the molecule is C=C(/C(=C(/S)NN)c1ccncc1)c1ccc(F)cc1. The van der Waals surface area contributed by atoms with E-state index >= 15 is 0 Å². The molecule has 20 heavy (non-hydrogen) atoms. The molecule has 0 aliphatic carbocycles. The molecule has 1 aromatic heterocycles. The number of rotatable bonds is 4. The Bertz CT molecular complexity index is 636. The monoisotopic (exact) mass is 287 g/mol. The quantitative estimate of drug-likeness (QED) is 0.351. The minimum atomic E-state index is -0.293. The summed E-state index contributed by atoms with van der Waals surface area (Å²) in [4.78, 5) is 3.98. The summed E-state index contributed by atoms with van der Waals surface area (Å²) < 4.78 is 13.0. The number of hydrogen-bond donors (Lipinski definition) is 3. The average Bonchev–Trinajstić information content (AvgIpc) is 2.49. The van der Waals surface area contributed by atoms with Crippen LogP contribution in [0.2, 0.25) is 0 Å². The number of nitrogens with two attached hydrogens (primary N) is 1. The molecule has 2 rings (SSSR count). The molecule has 0 atom stereocenters. The number of hydrogen-bond acceptors (Lipinski definition) is 4. The third-order valence-corrected chi connectivity index (χ3v) is 3.19. The number of nitrogens with zero attached hydrogens (tertiary/aromatic N) is 1. The number of halogens is 1. The van der Waals surface area contributed by atoms with Crippen LogP contribution in [0.4, 0.5) is 4.39 Å². The van der Waals surface area contributed by atoms with E-state index in [9.17, 15) is 4.39 Å². The van der Waals surface area contributed by atoms with Gasteiger partial charge in [-0.15, -0.1) is 12.6 Å². The van der Waals surface area contributed by atoms with E-state index in [0.29, 0.717) is 10.6 Å². The van der Waals surface area contributed by atoms with Gasteiger partial charge in [-0.3, -0.25) is 10.8 Å². The van der Waals surface area contributed by atoms with Gasteiger partial charge in [0.05, 0.1) is 5.03 Å². The van der Waals surface area contributed by atoms with E-state index in [1.54, 1.807) is 24.5 Å². The first-order chi connectivity index (χ1) is 9.63. The normalized spacial score (nSPS) is 11.8. The van der Waals surface area contributed by atoms with Crippen LogP contribution in [-0.2, 0) is 0 Å². The Balaban J connectivity index is 2.49. The van der Waals surface area contributed by atoms with Crippen molar-refractivity contribution in [2.24, 2.45) is 5.84 Å². The summed E-state index contributed by atoms with van der Waals surface area (Å²) in [6, 6.07) is 9.76. The summed E-state index contributed by atoms with van der Waals surface area (Å²) >= 11 is 4.33. The molecule has 1 aromatic carbocycles. The Hall–Kier alpha value is -2.11. The first-order valence-electron chi connectivity index (χ1n) is 5.89. The van der Waals surface area contributed by atoms with E-state index in [1.807, 2.05) is 12.1 Å². The Morgan fingerprint density at radius 1 is 1.10 bits per heavy atom. The van der Waals surface area contributed by atoms with Crippen molar-refractivity contribution in [1.82, 2.24) is 10.4 Å². The van der Waals surface area contributed by atoms with E-state index in [2.05, 4.69) is 29.6 Å². The predicted octanol–water partition coefficient (Wildman–Crippen LogP) is 3.00. The van der Waals surface area contributed by atoms with Gasteiger partial charge in [-0.05, 0) is 41.0 Å². The molecule has 0 spiro atoms. The lowest BCUT2D eigenvalue weighted by Gasteiger charge is -2.14. The van der Waals surface area contributed by atoms with Gasteiger partial charge in [-0.1, -0.05) is 18.7 Å². The topological polar surface area (TPSA) is 50.9 Å². The molecule has 0 aliphatic heterocycles. The number of allylic oxidation sites excluding steroid dienone is 2.